The highest BCUT2D eigenvalue weighted by molar-refractivity contribution is 3.91. The summed E-state index contributed by atoms with van der Waals surface area (Å²) in [4.78, 5) is 16.6. The fourth-order valence-corrected chi connectivity index (χ4v) is 0. The highest BCUT2D eigenvalue weighted by Gasteiger charge is 1.57. The van der Waals surface area contributed by atoms with Crippen LogP contribution in [0.3, 0.4) is 0 Å². The maximum Gasteiger partial charge on any atom is 0.194 e. The van der Waals surface area contributed by atoms with Gasteiger partial charge in [0.15, 0.2) is 14.1 Å². The van der Waals surface area contributed by atoms with Crippen molar-refractivity contribution in [1.82, 2.24) is 0 Å². The van der Waals surface area contributed by atoms with E-state index in [0.717, 1.165) is 14.1 Å². The van der Waals surface area contributed by atoms with Gasteiger partial charge in [0.05, 0.1) is 0 Å². The fraction of sp³-hybridized carbons (Fsp3) is 1.00. The maximum atomic E-state index is 8.81. The van der Waals surface area contributed by atoms with Gasteiger partial charge in [-0.1, -0.05) is 42.5 Å². The monoisotopic (exact) mass is 214 g/mol. The Kier molecular flexibility index (Phi) is 164. The average molecular weight is 214 g/mol. The fourth-order valence-electron chi connectivity index (χ4n) is 0. The highest BCUT2D eigenvalue weighted by Crippen LogP contribution is 1.40. The van der Waals surface area contributed by atoms with Gasteiger partial charge in [0.25, 0.3) is 0 Å². The Hall–Kier alpha value is -1.20. The zero-order chi connectivity index (χ0) is 11.2. The summed E-state index contributed by atoms with van der Waals surface area (Å²) >= 11 is 0. The van der Waals surface area contributed by atoms with E-state index in [4.69, 9.17) is 20.2 Å². The quantitative estimate of drug-likeness (QED) is 0.458. The van der Waals surface area contributed by atoms with Crippen LogP contribution in [0.15, 0.2) is 0 Å². The van der Waals surface area contributed by atoms with E-state index in [2.05, 4.69) is 0 Å². The second-order valence-electron chi connectivity index (χ2n) is 0.879. The molecule has 0 aliphatic carbocycles. The van der Waals surface area contributed by atoms with E-state index in [-0.39, 0.29) is 14.9 Å². The van der Waals surface area contributed by atoms with Crippen LogP contribution in [0, 0.1) is 20.2 Å². The van der Waals surface area contributed by atoms with E-state index >= 15 is 0 Å². The molecule has 0 spiro atoms. The summed E-state index contributed by atoms with van der Waals surface area (Å²) in [6, 6.07) is 0. The van der Waals surface area contributed by atoms with Crippen molar-refractivity contribution in [3.05, 3.63) is 20.2 Å². The first kappa shape index (κ1) is 38.5. The molecule has 6 heteroatoms. The summed E-state index contributed by atoms with van der Waals surface area (Å²) in [5, 5.41) is 17.6. The Morgan fingerprint density at radius 1 is 0.714 bits per heavy atom. The topological polar surface area (TPSA) is 86.3 Å². The van der Waals surface area contributed by atoms with Gasteiger partial charge >= 0.3 is 0 Å². The Morgan fingerprint density at radius 2 is 0.714 bits per heavy atom. The van der Waals surface area contributed by atoms with Crippen molar-refractivity contribution in [1.29, 1.82) is 0 Å². The molecule has 6 nitrogen and oxygen atoms in total. The Labute approximate surface area is 87.6 Å². The molecular weight excluding hydrogens is 188 g/mol. The predicted octanol–water partition coefficient (Wildman–Crippen LogP) is 3.11. The molecule has 0 unspecified atom stereocenters. The van der Waals surface area contributed by atoms with Crippen molar-refractivity contribution < 1.29 is 9.85 Å². The van der Waals surface area contributed by atoms with Crippen molar-refractivity contribution in [2.24, 2.45) is 0 Å². The van der Waals surface area contributed by atoms with Gasteiger partial charge in [0, 0.05) is 9.85 Å². The van der Waals surface area contributed by atoms with Crippen LogP contribution in [0.1, 0.15) is 42.5 Å². The first-order valence-electron chi connectivity index (χ1n) is 3.62. The summed E-state index contributed by atoms with van der Waals surface area (Å²) in [6.07, 6.45) is 0. The minimum absolute atomic E-state index is 0. The molecule has 0 N–H and O–H groups in total. The van der Waals surface area contributed by atoms with Gasteiger partial charge in [0.1, 0.15) is 0 Å². The van der Waals surface area contributed by atoms with Gasteiger partial charge in [-0.2, -0.15) is 0 Å². The van der Waals surface area contributed by atoms with E-state index in [1.165, 1.54) is 0 Å². The summed E-state index contributed by atoms with van der Waals surface area (Å²) in [7, 11) is 1.78. The third-order valence-corrected chi connectivity index (χ3v) is 0. The maximum absolute atomic E-state index is 8.81. The van der Waals surface area contributed by atoms with Gasteiger partial charge in [0.2, 0.25) is 0 Å². The molecule has 0 saturated heterocycles. The minimum Gasteiger partial charge on any atom is -0.265 e. The predicted molar refractivity (Wildman–Crippen MR) is 62.0 cm³/mol. The molecule has 0 bridgehead atoms. The summed E-state index contributed by atoms with van der Waals surface area (Å²) in [5.74, 6) is 0. The standard InChI is InChI=1S/2C2H6.2CH3NO2.2CH4/c2*1-2;2*1-2(3)4;;/h2*1-2H3;2*1H3;2*1H4. The van der Waals surface area contributed by atoms with Crippen LogP contribution in [-0.4, -0.2) is 23.9 Å². The van der Waals surface area contributed by atoms with Crippen molar-refractivity contribution in [2.45, 2.75) is 42.5 Å². The summed E-state index contributed by atoms with van der Waals surface area (Å²) < 4.78 is 0. The average Bonchev–Trinajstić information content (AvgIpc) is 1.93. The van der Waals surface area contributed by atoms with Crippen LogP contribution in [0.5, 0.6) is 0 Å². The molecular formula is C8H26N2O4. The lowest BCUT2D eigenvalue weighted by molar-refractivity contribution is -0.445. The molecule has 0 heterocycles. The normalized spacial score (nSPS) is 4.43. The van der Waals surface area contributed by atoms with Gasteiger partial charge < -0.3 is 0 Å². The molecule has 0 aromatic carbocycles. The molecule has 14 heavy (non-hydrogen) atoms. The Balaban J connectivity index is -0.0000000153. The number of nitrogens with zero attached hydrogens (tertiary/aromatic N) is 2. The van der Waals surface area contributed by atoms with Crippen LogP contribution < -0.4 is 0 Å². The third-order valence-electron chi connectivity index (χ3n) is 0. The van der Waals surface area contributed by atoms with Crippen molar-refractivity contribution in [3.63, 3.8) is 0 Å². The van der Waals surface area contributed by atoms with Crippen molar-refractivity contribution in [2.75, 3.05) is 14.1 Å². The Bertz CT molecular complexity index is 77.3. The first-order valence-corrected chi connectivity index (χ1v) is 3.62. The highest BCUT2D eigenvalue weighted by atomic mass is 16.6. The zero-order valence-corrected chi connectivity index (χ0v) is 8.53. The van der Waals surface area contributed by atoms with E-state index in [9.17, 15) is 0 Å². The van der Waals surface area contributed by atoms with Gasteiger partial charge in [-0.05, 0) is 0 Å². The molecule has 0 saturated carbocycles. The van der Waals surface area contributed by atoms with Crippen LogP contribution in [-0.2, 0) is 0 Å². The SMILES string of the molecule is C.C.CC.CC.C[N+](=O)[O-].C[N+](=O)[O-]. The number of rotatable bonds is 0. The van der Waals surface area contributed by atoms with Crippen LogP contribution in [0.4, 0.5) is 0 Å². The first-order chi connectivity index (χ1) is 5.46. The molecule has 0 aliphatic heterocycles. The second-order valence-corrected chi connectivity index (χ2v) is 0.879. The van der Waals surface area contributed by atoms with Gasteiger partial charge in [-0.15, -0.1) is 0 Å². The van der Waals surface area contributed by atoms with Gasteiger partial charge in [-0.3, -0.25) is 20.2 Å². The van der Waals surface area contributed by atoms with E-state index in [1.807, 2.05) is 27.7 Å². The second kappa shape index (κ2) is 59.7. The molecule has 0 aromatic heterocycles. The molecule has 0 rings (SSSR count). The number of nitro groups is 2. The minimum atomic E-state index is -0.500. The van der Waals surface area contributed by atoms with E-state index in [1.54, 1.807) is 0 Å². The van der Waals surface area contributed by atoms with E-state index < -0.39 is 9.85 Å². The van der Waals surface area contributed by atoms with Crippen molar-refractivity contribution >= 4 is 0 Å². The smallest absolute Gasteiger partial charge is 0.194 e. The lowest BCUT2D eigenvalue weighted by atomic mass is 11.0. The summed E-state index contributed by atoms with van der Waals surface area (Å²) in [6.45, 7) is 8.00. The molecule has 0 atom stereocenters. The molecule has 0 fully saturated rings. The van der Waals surface area contributed by atoms with Crippen LogP contribution in [0.2, 0.25) is 0 Å². The van der Waals surface area contributed by atoms with Crippen molar-refractivity contribution in [3.8, 4) is 0 Å². The van der Waals surface area contributed by atoms with Crippen LogP contribution in [0.25, 0.3) is 0 Å². The largest absolute Gasteiger partial charge is 0.265 e. The van der Waals surface area contributed by atoms with E-state index in [0.29, 0.717) is 0 Å². The lowest BCUT2D eigenvalue weighted by Crippen LogP contribution is -1.79. The molecule has 0 radical (unpaired) electrons. The lowest BCUT2D eigenvalue weighted by Gasteiger charge is -1.63. The summed E-state index contributed by atoms with van der Waals surface area (Å²) in [5.41, 5.74) is 0. The Morgan fingerprint density at radius 3 is 0.714 bits per heavy atom. The molecule has 0 amide bonds. The zero-order valence-electron chi connectivity index (χ0n) is 8.53. The molecule has 0 aliphatic rings. The number of hydrogen-bond donors (Lipinski definition) is 0. The van der Waals surface area contributed by atoms with Gasteiger partial charge in [-0.25, -0.2) is 0 Å². The third kappa shape index (κ3) is 720. The number of hydrogen-bond acceptors (Lipinski definition) is 4. The molecule has 0 aromatic rings. The van der Waals surface area contributed by atoms with Crippen LogP contribution >= 0.6 is 0 Å². The molecule has 92 valence electrons.